The molecular formula is C30H20N2. The molecule has 0 saturated heterocycles. The van der Waals surface area contributed by atoms with Gasteiger partial charge in [0.25, 0.3) is 0 Å². The first-order chi connectivity index (χ1) is 15.9. The quantitative estimate of drug-likeness (QED) is 0.279. The standard InChI is InChI=1S/C30H20N2/c1-2-7-21(8-3-1)27-14-12-24-17-22-9-4-5-10-23(22)18-28(24)30(27)26-13-15-29(32-20-26)25-11-6-16-31-19-25/h1-20H. The molecule has 6 rings (SSSR count). The zero-order valence-electron chi connectivity index (χ0n) is 17.4. The Morgan fingerprint density at radius 1 is 0.500 bits per heavy atom. The van der Waals surface area contributed by atoms with Crippen LogP contribution in [0.5, 0.6) is 0 Å². The van der Waals surface area contributed by atoms with Gasteiger partial charge in [-0.25, -0.2) is 0 Å². The zero-order chi connectivity index (χ0) is 21.3. The number of pyridine rings is 2. The highest BCUT2D eigenvalue weighted by Crippen LogP contribution is 2.39. The molecule has 0 amide bonds. The van der Waals surface area contributed by atoms with Crippen LogP contribution < -0.4 is 0 Å². The monoisotopic (exact) mass is 408 g/mol. The van der Waals surface area contributed by atoms with Crippen molar-refractivity contribution >= 4 is 21.5 Å². The van der Waals surface area contributed by atoms with Crippen molar-refractivity contribution in [1.82, 2.24) is 9.97 Å². The van der Waals surface area contributed by atoms with Crippen LogP contribution in [-0.4, -0.2) is 9.97 Å². The molecule has 0 unspecified atom stereocenters. The highest BCUT2D eigenvalue weighted by atomic mass is 14.7. The first-order valence-electron chi connectivity index (χ1n) is 10.7. The molecule has 4 aromatic carbocycles. The number of aromatic nitrogens is 2. The largest absolute Gasteiger partial charge is 0.264 e. The van der Waals surface area contributed by atoms with Gasteiger partial charge in [0.15, 0.2) is 0 Å². The molecule has 0 N–H and O–H groups in total. The second kappa shape index (κ2) is 7.75. The summed E-state index contributed by atoms with van der Waals surface area (Å²) in [4.78, 5) is 9.01. The number of nitrogens with zero attached hydrogens (tertiary/aromatic N) is 2. The van der Waals surface area contributed by atoms with E-state index in [2.05, 4.69) is 96.0 Å². The first kappa shape index (κ1) is 18.5. The van der Waals surface area contributed by atoms with Gasteiger partial charge in [-0.2, -0.15) is 0 Å². The van der Waals surface area contributed by atoms with Crippen LogP contribution in [0, 0.1) is 0 Å². The van der Waals surface area contributed by atoms with E-state index >= 15 is 0 Å². The molecule has 0 aliphatic rings. The van der Waals surface area contributed by atoms with Crippen molar-refractivity contribution in [1.29, 1.82) is 0 Å². The van der Waals surface area contributed by atoms with Crippen LogP contribution in [0.1, 0.15) is 0 Å². The van der Waals surface area contributed by atoms with E-state index < -0.39 is 0 Å². The van der Waals surface area contributed by atoms with Crippen molar-refractivity contribution in [3.63, 3.8) is 0 Å². The summed E-state index contributed by atoms with van der Waals surface area (Å²) in [5.41, 5.74) is 6.68. The van der Waals surface area contributed by atoms with Gasteiger partial charge in [0.1, 0.15) is 0 Å². The van der Waals surface area contributed by atoms with E-state index in [0.717, 1.165) is 16.8 Å². The number of hydrogen-bond donors (Lipinski definition) is 0. The summed E-state index contributed by atoms with van der Waals surface area (Å²) in [6.45, 7) is 0. The molecule has 2 aromatic heterocycles. The van der Waals surface area contributed by atoms with E-state index in [1.807, 2.05) is 24.5 Å². The molecule has 2 heterocycles. The molecule has 2 nitrogen and oxygen atoms in total. The summed E-state index contributed by atoms with van der Waals surface area (Å²) in [7, 11) is 0. The number of hydrogen-bond acceptors (Lipinski definition) is 2. The molecule has 0 fully saturated rings. The van der Waals surface area contributed by atoms with E-state index in [0.29, 0.717) is 0 Å². The summed E-state index contributed by atoms with van der Waals surface area (Å²) >= 11 is 0. The van der Waals surface area contributed by atoms with Gasteiger partial charge in [-0.1, -0.05) is 72.8 Å². The maximum absolute atomic E-state index is 4.79. The van der Waals surface area contributed by atoms with Crippen molar-refractivity contribution in [3.05, 3.63) is 122 Å². The Kier molecular flexibility index (Phi) is 4.47. The molecule has 0 aliphatic heterocycles. The molecule has 0 spiro atoms. The van der Waals surface area contributed by atoms with Crippen molar-refractivity contribution < 1.29 is 0 Å². The van der Waals surface area contributed by atoms with Crippen molar-refractivity contribution in [3.8, 4) is 33.5 Å². The fourth-order valence-corrected chi connectivity index (χ4v) is 4.41. The third kappa shape index (κ3) is 3.23. The van der Waals surface area contributed by atoms with Gasteiger partial charge in [-0.05, 0) is 68.6 Å². The number of fused-ring (bicyclic) bond motifs is 2. The van der Waals surface area contributed by atoms with Gasteiger partial charge in [-0.15, -0.1) is 0 Å². The minimum absolute atomic E-state index is 0.925. The Balaban J connectivity index is 1.61. The van der Waals surface area contributed by atoms with Crippen molar-refractivity contribution in [2.75, 3.05) is 0 Å². The Morgan fingerprint density at radius 2 is 1.28 bits per heavy atom. The van der Waals surface area contributed by atoms with Crippen LogP contribution in [0.15, 0.2) is 122 Å². The summed E-state index contributed by atoms with van der Waals surface area (Å²) in [6, 6.07) is 36.4. The van der Waals surface area contributed by atoms with Crippen molar-refractivity contribution in [2.24, 2.45) is 0 Å². The van der Waals surface area contributed by atoms with Crippen LogP contribution in [0.2, 0.25) is 0 Å². The van der Waals surface area contributed by atoms with Crippen LogP contribution in [-0.2, 0) is 0 Å². The minimum Gasteiger partial charge on any atom is -0.264 e. The lowest BCUT2D eigenvalue weighted by molar-refractivity contribution is 1.28. The second-order valence-electron chi connectivity index (χ2n) is 7.95. The predicted molar refractivity (Wildman–Crippen MR) is 133 cm³/mol. The maximum atomic E-state index is 4.79. The van der Waals surface area contributed by atoms with Gasteiger partial charge in [-0.3, -0.25) is 9.97 Å². The average molecular weight is 409 g/mol. The van der Waals surface area contributed by atoms with Crippen LogP contribution in [0.4, 0.5) is 0 Å². The lowest BCUT2D eigenvalue weighted by atomic mass is 9.89. The molecule has 0 bridgehead atoms. The predicted octanol–water partition coefficient (Wildman–Crippen LogP) is 7.78. The van der Waals surface area contributed by atoms with Crippen LogP contribution in [0.3, 0.4) is 0 Å². The Bertz CT molecular complexity index is 1540. The molecule has 2 heteroatoms. The second-order valence-corrected chi connectivity index (χ2v) is 7.95. The molecule has 0 radical (unpaired) electrons. The highest BCUT2D eigenvalue weighted by molar-refractivity contribution is 6.09. The summed E-state index contributed by atoms with van der Waals surface area (Å²) < 4.78 is 0. The van der Waals surface area contributed by atoms with E-state index in [-0.39, 0.29) is 0 Å². The average Bonchev–Trinajstić information content (AvgIpc) is 2.88. The van der Waals surface area contributed by atoms with E-state index in [1.54, 1.807) is 6.20 Å². The minimum atomic E-state index is 0.925. The lowest BCUT2D eigenvalue weighted by Crippen LogP contribution is -1.91. The normalized spacial score (nSPS) is 11.1. The maximum Gasteiger partial charge on any atom is 0.0717 e. The highest BCUT2D eigenvalue weighted by Gasteiger charge is 2.13. The van der Waals surface area contributed by atoms with Gasteiger partial charge in [0.05, 0.1) is 5.69 Å². The van der Waals surface area contributed by atoms with Gasteiger partial charge >= 0.3 is 0 Å². The van der Waals surface area contributed by atoms with Gasteiger partial charge in [0.2, 0.25) is 0 Å². The molecule has 150 valence electrons. The van der Waals surface area contributed by atoms with E-state index in [1.165, 1.54) is 38.2 Å². The molecule has 0 atom stereocenters. The molecular weight excluding hydrogens is 388 g/mol. The van der Waals surface area contributed by atoms with E-state index in [9.17, 15) is 0 Å². The third-order valence-corrected chi connectivity index (χ3v) is 5.98. The van der Waals surface area contributed by atoms with E-state index in [4.69, 9.17) is 4.98 Å². The SMILES string of the molecule is c1ccc(-c2ccc3cc4ccccc4cc3c2-c2ccc(-c3cccnc3)nc2)cc1. The number of rotatable bonds is 3. The fraction of sp³-hybridized carbons (Fsp3) is 0. The zero-order valence-corrected chi connectivity index (χ0v) is 17.4. The Morgan fingerprint density at radius 3 is 2.03 bits per heavy atom. The number of benzene rings is 4. The topological polar surface area (TPSA) is 25.8 Å². The molecule has 32 heavy (non-hydrogen) atoms. The van der Waals surface area contributed by atoms with Crippen molar-refractivity contribution in [2.45, 2.75) is 0 Å². The molecule has 0 saturated carbocycles. The van der Waals surface area contributed by atoms with Crippen LogP contribution >= 0.6 is 0 Å². The van der Waals surface area contributed by atoms with Gasteiger partial charge in [0, 0.05) is 29.7 Å². The summed E-state index contributed by atoms with van der Waals surface area (Å²) in [5.74, 6) is 0. The Hall–Kier alpha value is -4.30. The Labute approximate surface area is 186 Å². The first-order valence-corrected chi connectivity index (χ1v) is 10.7. The molecule has 6 aromatic rings. The summed E-state index contributed by atoms with van der Waals surface area (Å²) in [6.07, 6.45) is 5.62. The van der Waals surface area contributed by atoms with Crippen LogP contribution in [0.25, 0.3) is 55.1 Å². The lowest BCUT2D eigenvalue weighted by Gasteiger charge is -2.15. The van der Waals surface area contributed by atoms with Gasteiger partial charge < -0.3 is 0 Å². The summed E-state index contributed by atoms with van der Waals surface area (Å²) in [5, 5.41) is 4.96. The fourth-order valence-electron chi connectivity index (χ4n) is 4.41. The smallest absolute Gasteiger partial charge is 0.0717 e. The third-order valence-electron chi connectivity index (χ3n) is 5.98. The molecule has 0 aliphatic carbocycles.